The summed E-state index contributed by atoms with van der Waals surface area (Å²) < 4.78 is 23.1. The van der Waals surface area contributed by atoms with Crippen molar-refractivity contribution in [3.05, 3.63) is 0 Å². The van der Waals surface area contributed by atoms with Gasteiger partial charge >= 0.3 is 0 Å². The Hall–Kier alpha value is -0.160. The van der Waals surface area contributed by atoms with Crippen molar-refractivity contribution >= 4 is 0 Å². The van der Waals surface area contributed by atoms with Crippen molar-refractivity contribution < 1.29 is 18.9 Å². The van der Waals surface area contributed by atoms with E-state index in [2.05, 4.69) is 13.8 Å². The first-order valence-corrected chi connectivity index (χ1v) is 11.1. The van der Waals surface area contributed by atoms with Crippen LogP contribution >= 0.6 is 0 Å². The van der Waals surface area contributed by atoms with Crippen LogP contribution in [0.3, 0.4) is 0 Å². The Morgan fingerprint density at radius 2 is 1.59 bits per heavy atom. The van der Waals surface area contributed by atoms with Gasteiger partial charge in [-0.15, -0.1) is 0 Å². The summed E-state index contributed by atoms with van der Waals surface area (Å²) in [5.74, 6) is 3.06. The van der Waals surface area contributed by atoms with Crippen molar-refractivity contribution in [2.45, 2.75) is 83.5 Å². The standard InChI is InChI=1S/C23H40O4/c1-22-8-7-18-17(19(22)11-16(13-22)25-4)12-21(26-5)20-10-15(27-14-24-3)6-9-23(18,20)2/h15-21H,6-14H2,1-5H3/t15?,16?,17-,18+,19+,20?,21?,22-,23-/m1/s1. The molecular weight excluding hydrogens is 340 g/mol. The van der Waals surface area contributed by atoms with E-state index < -0.39 is 0 Å². The lowest BCUT2D eigenvalue weighted by Crippen LogP contribution is -2.58. The molecule has 4 unspecified atom stereocenters. The molecule has 4 fully saturated rings. The maximum absolute atomic E-state index is 6.14. The van der Waals surface area contributed by atoms with E-state index in [4.69, 9.17) is 18.9 Å². The molecule has 4 aliphatic rings. The zero-order valence-corrected chi connectivity index (χ0v) is 18.0. The van der Waals surface area contributed by atoms with Crippen molar-refractivity contribution in [3.8, 4) is 0 Å². The highest BCUT2D eigenvalue weighted by Crippen LogP contribution is 2.66. The largest absolute Gasteiger partial charge is 0.381 e. The van der Waals surface area contributed by atoms with Gasteiger partial charge in [0.2, 0.25) is 0 Å². The van der Waals surface area contributed by atoms with Gasteiger partial charge in [-0.25, -0.2) is 0 Å². The number of methoxy groups -OCH3 is 3. The van der Waals surface area contributed by atoms with E-state index in [0.717, 1.165) is 24.2 Å². The van der Waals surface area contributed by atoms with Crippen molar-refractivity contribution in [2.24, 2.45) is 34.5 Å². The smallest absolute Gasteiger partial charge is 0.146 e. The molecule has 4 aliphatic carbocycles. The first-order chi connectivity index (χ1) is 12.9. The molecule has 0 spiro atoms. The average Bonchev–Trinajstić information content (AvgIpc) is 3.02. The highest BCUT2D eigenvalue weighted by Gasteiger charge is 2.61. The third-order valence-corrected chi connectivity index (χ3v) is 9.39. The fourth-order valence-electron chi connectivity index (χ4n) is 7.98. The maximum atomic E-state index is 6.14. The molecule has 4 heteroatoms. The SMILES string of the molecule is COCOC1CC[C@@]2(C)C(C1)C(OC)C[C@H]1[C@@H]3CC(OC)C[C@@]3(C)CC[C@@H]12. The number of fused-ring (bicyclic) bond motifs is 5. The fourth-order valence-corrected chi connectivity index (χ4v) is 7.98. The van der Waals surface area contributed by atoms with E-state index in [1.165, 1.54) is 44.9 Å². The number of hydrogen-bond acceptors (Lipinski definition) is 4. The molecule has 0 aromatic carbocycles. The number of hydrogen-bond donors (Lipinski definition) is 0. The minimum absolute atomic E-state index is 0.329. The van der Waals surface area contributed by atoms with Crippen molar-refractivity contribution in [3.63, 3.8) is 0 Å². The highest BCUT2D eigenvalue weighted by atomic mass is 16.7. The van der Waals surface area contributed by atoms with Gasteiger partial charge in [0.15, 0.2) is 0 Å². The average molecular weight is 381 g/mol. The second-order valence-electron chi connectivity index (χ2n) is 10.5. The van der Waals surface area contributed by atoms with Crippen LogP contribution in [0.5, 0.6) is 0 Å². The van der Waals surface area contributed by atoms with Gasteiger partial charge in [0.1, 0.15) is 6.79 Å². The molecule has 0 saturated heterocycles. The Balaban J connectivity index is 1.57. The summed E-state index contributed by atoms with van der Waals surface area (Å²) >= 11 is 0. The molecule has 0 amide bonds. The van der Waals surface area contributed by atoms with E-state index >= 15 is 0 Å². The monoisotopic (exact) mass is 380 g/mol. The van der Waals surface area contributed by atoms with Crippen molar-refractivity contribution in [1.29, 1.82) is 0 Å². The second-order valence-corrected chi connectivity index (χ2v) is 10.5. The molecule has 4 saturated carbocycles. The van der Waals surface area contributed by atoms with Crippen LogP contribution < -0.4 is 0 Å². The van der Waals surface area contributed by atoms with Gasteiger partial charge < -0.3 is 18.9 Å². The minimum atomic E-state index is 0.329. The molecule has 4 nitrogen and oxygen atoms in total. The molecule has 4 rings (SSSR count). The van der Waals surface area contributed by atoms with Gasteiger partial charge in [-0.1, -0.05) is 13.8 Å². The van der Waals surface area contributed by atoms with Crippen LogP contribution in [-0.2, 0) is 18.9 Å². The summed E-state index contributed by atoms with van der Waals surface area (Å²) in [6.45, 7) is 5.54. The first-order valence-electron chi connectivity index (χ1n) is 11.1. The van der Waals surface area contributed by atoms with Gasteiger partial charge in [-0.3, -0.25) is 0 Å². The maximum Gasteiger partial charge on any atom is 0.146 e. The molecule has 0 N–H and O–H groups in total. The molecule has 0 aromatic rings. The topological polar surface area (TPSA) is 36.9 Å². The van der Waals surface area contributed by atoms with E-state index in [9.17, 15) is 0 Å². The fraction of sp³-hybridized carbons (Fsp3) is 1.00. The Morgan fingerprint density at radius 3 is 2.30 bits per heavy atom. The van der Waals surface area contributed by atoms with Crippen molar-refractivity contribution in [1.82, 2.24) is 0 Å². The van der Waals surface area contributed by atoms with E-state index in [1.807, 2.05) is 14.2 Å². The summed E-state index contributed by atoms with van der Waals surface area (Å²) in [4.78, 5) is 0. The van der Waals surface area contributed by atoms with Crippen LogP contribution in [-0.4, -0.2) is 46.4 Å². The minimum Gasteiger partial charge on any atom is -0.381 e. The van der Waals surface area contributed by atoms with Gasteiger partial charge in [0.25, 0.3) is 0 Å². The van der Waals surface area contributed by atoms with Gasteiger partial charge in [0, 0.05) is 21.3 Å². The zero-order chi connectivity index (χ0) is 19.2. The van der Waals surface area contributed by atoms with E-state index in [0.29, 0.717) is 41.9 Å². The zero-order valence-electron chi connectivity index (χ0n) is 18.0. The van der Waals surface area contributed by atoms with Crippen molar-refractivity contribution in [2.75, 3.05) is 28.1 Å². The summed E-state index contributed by atoms with van der Waals surface area (Å²) in [6.07, 6.45) is 11.2. The van der Waals surface area contributed by atoms with Gasteiger partial charge in [0.05, 0.1) is 18.3 Å². The predicted octanol–water partition coefficient (Wildman–Crippen LogP) is 4.66. The van der Waals surface area contributed by atoms with Gasteiger partial charge in [-0.2, -0.15) is 0 Å². The highest BCUT2D eigenvalue weighted by molar-refractivity contribution is 5.11. The lowest BCUT2D eigenvalue weighted by Gasteiger charge is -2.62. The molecule has 0 radical (unpaired) electrons. The van der Waals surface area contributed by atoms with Gasteiger partial charge in [-0.05, 0) is 85.9 Å². The van der Waals surface area contributed by atoms with Crippen LogP contribution in [0.4, 0.5) is 0 Å². The normalized spacial score (nSPS) is 52.1. The quantitative estimate of drug-likeness (QED) is 0.650. The summed E-state index contributed by atoms with van der Waals surface area (Å²) in [7, 11) is 5.55. The Bertz CT molecular complexity index is 525. The Kier molecular flexibility index (Phi) is 5.66. The van der Waals surface area contributed by atoms with E-state index in [1.54, 1.807) is 7.11 Å². The van der Waals surface area contributed by atoms with Crippen LogP contribution in [0.25, 0.3) is 0 Å². The predicted molar refractivity (Wildman–Crippen MR) is 105 cm³/mol. The van der Waals surface area contributed by atoms with E-state index in [-0.39, 0.29) is 0 Å². The molecule has 0 bridgehead atoms. The lowest BCUT2D eigenvalue weighted by molar-refractivity contribution is -0.189. The lowest BCUT2D eigenvalue weighted by atomic mass is 9.44. The number of ether oxygens (including phenoxy) is 4. The summed E-state index contributed by atoms with van der Waals surface area (Å²) in [5.41, 5.74) is 0.866. The molecule has 0 aliphatic heterocycles. The first kappa shape index (κ1) is 20.1. The third kappa shape index (κ3) is 3.29. The summed E-state index contributed by atoms with van der Waals surface area (Å²) in [5, 5.41) is 0. The number of rotatable bonds is 5. The molecule has 0 heterocycles. The van der Waals surface area contributed by atoms with Crippen LogP contribution in [0.2, 0.25) is 0 Å². The van der Waals surface area contributed by atoms with Crippen LogP contribution in [0.1, 0.15) is 65.2 Å². The van der Waals surface area contributed by atoms with Crippen LogP contribution in [0, 0.1) is 34.5 Å². The Labute approximate surface area is 165 Å². The molecule has 0 aromatic heterocycles. The van der Waals surface area contributed by atoms with Crippen LogP contribution in [0.15, 0.2) is 0 Å². The third-order valence-electron chi connectivity index (χ3n) is 9.39. The Morgan fingerprint density at radius 1 is 0.815 bits per heavy atom. The summed E-state index contributed by atoms with van der Waals surface area (Å²) in [6, 6.07) is 0. The molecular formula is C23H40O4. The molecule has 27 heavy (non-hydrogen) atoms. The molecule has 9 atom stereocenters. The molecule has 156 valence electrons. The second kappa shape index (κ2) is 7.59.